The molecule has 6 nitrogen and oxygen atoms in total. The van der Waals surface area contributed by atoms with Crippen molar-refractivity contribution in [3.63, 3.8) is 0 Å². The van der Waals surface area contributed by atoms with Crippen molar-refractivity contribution in [2.75, 3.05) is 50.3 Å². The number of rotatable bonds is 3. The molecular formula is C19H21N3O3S. The number of hydrogen-bond acceptors (Lipinski definition) is 5. The second-order valence-electron chi connectivity index (χ2n) is 6.14. The Balaban J connectivity index is 1.36. The minimum absolute atomic E-state index is 0.272. The number of benzene rings is 2. The van der Waals surface area contributed by atoms with Gasteiger partial charge in [-0.3, -0.25) is 0 Å². The number of hydrogen-bond donors (Lipinski definition) is 1. The SMILES string of the molecule is COc1ccccc1N1CCN(C(=S)Nc2ccc3c(c2)OCO3)CC1. The average molecular weight is 371 g/mol. The molecule has 0 saturated carbocycles. The van der Waals surface area contributed by atoms with Gasteiger partial charge in [-0.05, 0) is 36.5 Å². The van der Waals surface area contributed by atoms with Crippen LogP contribution >= 0.6 is 12.2 Å². The van der Waals surface area contributed by atoms with Gasteiger partial charge in [0, 0.05) is 37.9 Å². The number of piperazine rings is 1. The van der Waals surface area contributed by atoms with Crippen LogP contribution in [-0.2, 0) is 0 Å². The van der Waals surface area contributed by atoms with Crippen LogP contribution in [-0.4, -0.2) is 50.1 Å². The predicted octanol–water partition coefficient (Wildman–Crippen LogP) is 2.94. The van der Waals surface area contributed by atoms with E-state index < -0.39 is 0 Å². The largest absolute Gasteiger partial charge is 0.495 e. The van der Waals surface area contributed by atoms with Crippen molar-refractivity contribution in [3.05, 3.63) is 42.5 Å². The summed E-state index contributed by atoms with van der Waals surface area (Å²) in [5, 5.41) is 4.02. The molecule has 2 heterocycles. The highest BCUT2D eigenvalue weighted by molar-refractivity contribution is 7.80. The van der Waals surface area contributed by atoms with E-state index in [-0.39, 0.29) is 6.79 Å². The van der Waals surface area contributed by atoms with Crippen molar-refractivity contribution in [2.45, 2.75) is 0 Å². The maximum absolute atomic E-state index is 5.59. The molecule has 136 valence electrons. The van der Waals surface area contributed by atoms with Gasteiger partial charge in [-0.1, -0.05) is 12.1 Å². The van der Waals surface area contributed by atoms with Gasteiger partial charge in [0.1, 0.15) is 5.75 Å². The number of thiocarbonyl (C=S) groups is 1. The maximum atomic E-state index is 5.59. The molecule has 0 atom stereocenters. The number of para-hydroxylation sites is 2. The van der Waals surface area contributed by atoms with Gasteiger partial charge in [0.15, 0.2) is 16.6 Å². The van der Waals surface area contributed by atoms with Crippen LogP contribution in [0.15, 0.2) is 42.5 Å². The summed E-state index contributed by atoms with van der Waals surface area (Å²) in [6.45, 7) is 3.77. The van der Waals surface area contributed by atoms with Crippen LogP contribution in [0.2, 0.25) is 0 Å². The maximum Gasteiger partial charge on any atom is 0.231 e. The Hall–Kier alpha value is -2.67. The zero-order valence-electron chi connectivity index (χ0n) is 14.6. The molecule has 0 bridgehead atoms. The zero-order valence-corrected chi connectivity index (χ0v) is 15.4. The van der Waals surface area contributed by atoms with Crippen LogP contribution in [0.4, 0.5) is 11.4 Å². The van der Waals surface area contributed by atoms with Crippen LogP contribution in [0.25, 0.3) is 0 Å². The Labute approximate surface area is 158 Å². The number of methoxy groups -OCH3 is 1. The molecule has 2 aromatic carbocycles. The van der Waals surface area contributed by atoms with E-state index in [1.165, 1.54) is 0 Å². The lowest BCUT2D eigenvalue weighted by Crippen LogP contribution is -2.50. The van der Waals surface area contributed by atoms with Gasteiger partial charge in [-0.15, -0.1) is 0 Å². The number of ether oxygens (including phenoxy) is 3. The molecule has 26 heavy (non-hydrogen) atoms. The Morgan fingerprint density at radius 1 is 1.04 bits per heavy atom. The molecule has 1 saturated heterocycles. The molecular weight excluding hydrogens is 350 g/mol. The van der Waals surface area contributed by atoms with Crippen molar-refractivity contribution >= 4 is 28.7 Å². The summed E-state index contributed by atoms with van der Waals surface area (Å²) in [5.41, 5.74) is 2.04. The molecule has 0 amide bonds. The number of anilines is 2. The monoisotopic (exact) mass is 371 g/mol. The van der Waals surface area contributed by atoms with Gasteiger partial charge in [0.25, 0.3) is 0 Å². The van der Waals surface area contributed by atoms with E-state index >= 15 is 0 Å². The molecule has 2 aromatic rings. The first-order chi connectivity index (χ1) is 12.7. The first-order valence-corrected chi connectivity index (χ1v) is 8.99. The third-order valence-corrected chi connectivity index (χ3v) is 4.98. The molecule has 2 aliphatic rings. The highest BCUT2D eigenvalue weighted by atomic mass is 32.1. The Morgan fingerprint density at radius 2 is 1.81 bits per heavy atom. The van der Waals surface area contributed by atoms with E-state index in [9.17, 15) is 0 Å². The second kappa shape index (κ2) is 7.29. The molecule has 0 unspecified atom stereocenters. The lowest BCUT2D eigenvalue weighted by molar-refractivity contribution is 0.174. The fourth-order valence-corrected chi connectivity index (χ4v) is 3.52. The van der Waals surface area contributed by atoms with Crippen molar-refractivity contribution in [1.29, 1.82) is 0 Å². The molecule has 0 radical (unpaired) electrons. The van der Waals surface area contributed by atoms with E-state index in [0.717, 1.165) is 59.9 Å². The van der Waals surface area contributed by atoms with E-state index in [0.29, 0.717) is 0 Å². The van der Waals surface area contributed by atoms with Crippen LogP contribution in [0.5, 0.6) is 17.2 Å². The first-order valence-electron chi connectivity index (χ1n) is 8.58. The Bertz CT molecular complexity index is 806. The highest BCUT2D eigenvalue weighted by Gasteiger charge is 2.21. The van der Waals surface area contributed by atoms with E-state index in [1.807, 2.05) is 36.4 Å². The van der Waals surface area contributed by atoms with Gasteiger partial charge in [0.2, 0.25) is 6.79 Å². The van der Waals surface area contributed by atoms with Crippen LogP contribution in [0.3, 0.4) is 0 Å². The average Bonchev–Trinajstić information content (AvgIpc) is 3.16. The third kappa shape index (κ3) is 3.35. The number of fused-ring (bicyclic) bond motifs is 1. The first kappa shape index (κ1) is 16.8. The topological polar surface area (TPSA) is 46.2 Å². The predicted molar refractivity (Wildman–Crippen MR) is 106 cm³/mol. The molecule has 4 rings (SSSR count). The summed E-state index contributed by atoms with van der Waals surface area (Å²) in [4.78, 5) is 4.52. The van der Waals surface area contributed by atoms with E-state index in [1.54, 1.807) is 7.11 Å². The van der Waals surface area contributed by atoms with Gasteiger partial charge in [0.05, 0.1) is 12.8 Å². The van der Waals surface area contributed by atoms with Crippen LogP contribution in [0.1, 0.15) is 0 Å². The third-order valence-electron chi connectivity index (χ3n) is 4.62. The number of nitrogens with one attached hydrogen (secondary N) is 1. The minimum Gasteiger partial charge on any atom is -0.495 e. The van der Waals surface area contributed by atoms with Crippen molar-refractivity contribution in [2.24, 2.45) is 0 Å². The molecule has 1 fully saturated rings. The van der Waals surface area contributed by atoms with Gasteiger partial charge >= 0.3 is 0 Å². The van der Waals surface area contributed by atoms with Gasteiger partial charge < -0.3 is 29.3 Å². The number of nitrogens with zero attached hydrogens (tertiary/aromatic N) is 2. The Kier molecular flexibility index (Phi) is 4.71. The van der Waals surface area contributed by atoms with Crippen molar-refractivity contribution in [1.82, 2.24) is 4.90 Å². The van der Waals surface area contributed by atoms with Gasteiger partial charge in [-0.25, -0.2) is 0 Å². The summed E-state index contributed by atoms with van der Waals surface area (Å²) in [7, 11) is 1.71. The van der Waals surface area contributed by atoms with Crippen LogP contribution in [0, 0.1) is 0 Å². The zero-order chi connectivity index (χ0) is 17.9. The molecule has 0 spiro atoms. The summed E-state index contributed by atoms with van der Waals surface area (Å²) < 4.78 is 16.2. The van der Waals surface area contributed by atoms with Gasteiger partial charge in [-0.2, -0.15) is 0 Å². The lowest BCUT2D eigenvalue weighted by Gasteiger charge is -2.37. The van der Waals surface area contributed by atoms with Crippen molar-refractivity contribution < 1.29 is 14.2 Å². The molecule has 0 aliphatic carbocycles. The standard InChI is InChI=1S/C19H21N3O3S/c1-23-16-5-3-2-4-15(16)21-8-10-22(11-9-21)19(26)20-14-6-7-17-18(12-14)25-13-24-17/h2-7,12H,8-11,13H2,1H3,(H,20,26). The Morgan fingerprint density at radius 3 is 2.62 bits per heavy atom. The smallest absolute Gasteiger partial charge is 0.231 e. The molecule has 2 aliphatic heterocycles. The fourth-order valence-electron chi connectivity index (χ4n) is 3.22. The summed E-state index contributed by atoms with van der Waals surface area (Å²) in [6.07, 6.45) is 0. The molecule has 7 heteroatoms. The molecule has 0 aromatic heterocycles. The summed E-state index contributed by atoms with van der Waals surface area (Å²) >= 11 is 5.59. The minimum atomic E-state index is 0.272. The van der Waals surface area contributed by atoms with E-state index in [2.05, 4.69) is 21.2 Å². The van der Waals surface area contributed by atoms with Crippen molar-refractivity contribution in [3.8, 4) is 17.2 Å². The second-order valence-corrected chi connectivity index (χ2v) is 6.53. The quantitative estimate of drug-likeness (QED) is 0.833. The molecule has 1 N–H and O–H groups in total. The fraction of sp³-hybridized carbons (Fsp3) is 0.316. The lowest BCUT2D eigenvalue weighted by atomic mass is 10.2. The van der Waals surface area contributed by atoms with E-state index in [4.69, 9.17) is 26.4 Å². The van der Waals surface area contributed by atoms with Crippen LogP contribution < -0.4 is 24.4 Å². The highest BCUT2D eigenvalue weighted by Crippen LogP contribution is 2.34. The summed E-state index contributed by atoms with van der Waals surface area (Å²) in [5.74, 6) is 2.42. The summed E-state index contributed by atoms with van der Waals surface area (Å²) in [6, 6.07) is 13.9. The normalized spacial score (nSPS) is 15.7.